The molecular weight excluding hydrogens is 384 g/mol. The largest absolute Gasteiger partial charge is 0.326 e. The van der Waals surface area contributed by atoms with Gasteiger partial charge in [-0.3, -0.25) is 9.59 Å². The molecule has 0 radical (unpaired) electrons. The maximum absolute atomic E-state index is 12.3. The second kappa shape index (κ2) is 8.61. The lowest BCUT2D eigenvalue weighted by molar-refractivity contribution is -0.122. The summed E-state index contributed by atoms with van der Waals surface area (Å²) >= 11 is 1.25. The average Bonchev–Trinajstić information content (AvgIpc) is 3.07. The standard InChI is InChI=1S/C22H22N4O2S/c1-14-9-11-16(12-10-14)23-20(27)13-19-21(28)24-22(29-19)26-25-18-8-4-6-15-5-2-3-7-17(15)18/h2-3,5,7,9-12,19H,4,6,8,13H2,1H3,(H,23,27)(H,24,26,28)/b25-18-/t19-/m0/s1. The van der Waals surface area contributed by atoms with Crippen LogP contribution < -0.4 is 10.6 Å². The van der Waals surface area contributed by atoms with E-state index in [4.69, 9.17) is 0 Å². The van der Waals surface area contributed by atoms with Crippen LogP contribution in [0.3, 0.4) is 0 Å². The predicted octanol–water partition coefficient (Wildman–Crippen LogP) is 3.65. The molecule has 1 aliphatic carbocycles. The number of thioether (sulfide) groups is 1. The minimum atomic E-state index is -0.502. The van der Waals surface area contributed by atoms with Gasteiger partial charge in [0.1, 0.15) is 5.25 Å². The third kappa shape index (κ3) is 4.74. The minimum absolute atomic E-state index is 0.0861. The monoisotopic (exact) mass is 406 g/mol. The molecule has 0 spiro atoms. The summed E-state index contributed by atoms with van der Waals surface area (Å²) in [5.41, 5.74) is 5.20. The Labute approximate surface area is 173 Å². The predicted molar refractivity (Wildman–Crippen MR) is 117 cm³/mol. The lowest BCUT2D eigenvalue weighted by atomic mass is 9.90. The fraction of sp³-hybridized carbons (Fsp3) is 0.273. The van der Waals surface area contributed by atoms with E-state index in [1.807, 2.05) is 43.3 Å². The Hall–Kier alpha value is -2.93. The van der Waals surface area contributed by atoms with E-state index < -0.39 is 5.25 Å². The molecule has 7 heteroatoms. The fourth-order valence-corrected chi connectivity index (χ4v) is 4.33. The molecule has 1 fully saturated rings. The van der Waals surface area contributed by atoms with E-state index in [1.165, 1.54) is 17.3 Å². The molecule has 1 saturated heterocycles. The first-order valence-electron chi connectivity index (χ1n) is 9.65. The summed E-state index contributed by atoms with van der Waals surface area (Å²) in [4.78, 5) is 24.5. The molecule has 0 saturated carbocycles. The third-order valence-corrected chi connectivity index (χ3v) is 6.00. The number of hydrogen-bond acceptors (Lipinski definition) is 5. The van der Waals surface area contributed by atoms with Gasteiger partial charge >= 0.3 is 0 Å². The lowest BCUT2D eigenvalue weighted by Gasteiger charge is -2.16. The SMILES string of the molecule is Cc1ccc(NC(=O)C[C@@H]2S/C(=N\N=C3\CCCc4ccccc43)NC2=O)cc1. The van der Waals surface area contributed by atoms with Gasteiger partial charge in [0.05, 0.1) is 5.71 Å². The summed E-state index contributed by atoms with van der Waals surface area (Å²) in [6, 6.07) is 15.8. The number of anilines is 1. The molecule has 2 amide bonds. The number of amides is 2. The quantitative estimate of drug-likeness (QED) is 0.761. The number of rotatable bonds is 4. The first kappa shape index (κ1) is 19.4. The molecule has 2 aromatic carbocycles. The van der Waals surface area contributed by atoms with Gasteiger partial charge in [0.2, 0.25) is 11.8 Å². The van der Waals surface area contributed by atoms with Crippen LogP contribution in [-0.2, 0) is 16.0 Å². The Kier molecular flexibility index (Phi) is 5.76. The van der Waals surface area contributed by atoms with Crippen LogP contribution >= 0.6 is 11.8 Å². The average molecular weight is 407 g/mol. The van der Waals surface area contributed by atoms with Gasteiger partial charge in [0.15, 0.2) is 5.17 Å². The van der Waals surface area contributed by atoms with E-state index >= 15 is 0 Å². The van der Waals surface area contributed by atoms with Gasteiger partial charge < -0.3 is 10.6 Å². The van der Waals surface area contributed by atoms with E-state index in [1.54, 1.807) is 0 Å². The van der Waals surface area contributed by atoms with Crippen molar-refractivity contribution >= 4 is 40.1 Å². The summed E-state index contributed by atoms with van der Waals surface area (Å²) in [5, 5.41) is 14.1. The maximum atomic E-state index is 12.3. The van der Waals surface area contributed by atoms with E-state index in [9.17, 15) is 9.59 Å². The summed E-state index contributed by atoms with van der Waals surface area (Å²) in [5.74, 6) is -0.410. The van der Waals surface area contributed by atoms with Crippen LogP contribution in [-0.4, -0.2) is 27.9 Å². The molecule has 0 aromatic heterocycles. The second-order valence-corrected chi connectivity index (χ2v) is 8.37. The van der Waals surface area contributed by atoms with Crippen molar-refractivity contribution in [3.8, 4) is 0 Å². The first-order valence-corrected chi connectivity index (χ1v) is 10.5. The summed E-state index contributed by atoms with van der Waals surface area (Å²) in [6.45, 7) is 1.99. The van der Waals surface area contributed by atoms with Crippen molar-refractivity contribution in [3.63, 3.8) is 0 Å². The van der Waals surface area contributed by atoms with Crippen molar-refractivity contribution < 1.29 is 9.59 Å². The lowest BCUT2D eigenvalue weighted by Crippen LogP contribution is -2.28. The highest BCUT2D eigenvalue weighted by atomic mass is 32.2. The van der Waals surface area contributed by atoms with E-state index in [2.05, 4.69) is 33.0 Å². The van der Waals surface area contributed by atoms with Gasteiger partial charge in [-0.2, -0.15) is 5.10 Å². The smallest absolute Gasteiger partial charge is 0.240 e. The van der Waals surface area contributed by atoms with Gasteiger partial charge in [0.25, 0.3) is 0 Å². The highest BCUT2D eigenvalue weighted by molar-refractivity contribution is 8.15. The molecule has 2 aliphatic rings. The van der Waals surface area contributed by atoms with Crippen molar-refractivity contribution in [3.05, 3.63) is 65.2 Å². The first-order chi connectivity index (χ1) is 14.1. The number of hydrogen-bond donors (Lipinski definition) is 2. The molecule has 1 heterocycles. The molecule has 2 aromatic rings. The molecule has 0 unspecified atom stereocenters. The highest BCUT2D eigenvalue weighted by Crippen LogP contribution is 2.25. The van der Waals surface area contributed by atoms with Crippen LogP contribution in [0, 0.1) is 6.92 Å². The van der Waals surface area contributed by atoms with Crippen LogP contribution in [0.1, 0.15) is 36.0 Å². The molecule has 148 valence electrons. The Morgan fingerprint density at radius 1 is 1.14 bits per heavy atom. The number of aryl methyl sites for hydroxylation is 2. The van der Waals surface area contributed by atoms with Crippen LogP contribution in [0.4, 0.5) is 5.69 Å². The fourth-order valence-electron chi connectivity index (χ4n) is 3.41. The highest BCUT2D eigenvalue weighted by Gasteiger charge is 2.32. The Bertz CT molecular complexity index is 998. The van der Waals surface area contributed by atoms with E-state index in [0.29, 0.717) is 5.17 Å². The molecule has 2 N–H and O–H groups in total. The van der Waals surface area contributed by atoms with Gasteiger partial charge in [0, 0.05) is 17.7 Å². The van der Waals surface area contributed by atoms with Gasteiger partial charge in [-0.1, -0.05) is 53.7 Å². The molecule has 6 nitrogen and oxygen atoms in total. The number of carbonyl (C=O) groups excluding carboxylic acids is 2. The maximum Gasteiger partial charge on any atom is 0.240 e. The van der Waals surface area contributed by atoms with Crippen molar-refractivity contribution in [1.29, 1.82) is 0 Å². The zero-order chi connectivity index (χ0) is 20.2. The summed E-state index contributed by atoms with van der Waals surface area (Å²) < 4.78 is 0. The zero-order valence-electron chi connectivity index (χ0n) is 16.1. The molecular formula is C22H22N4O2S. The second-order valence-electron chi connectivity index (χ2n) is 7.18. The van der Waals surface area contributed by atoms with Crippen molar-refractivity contribution in [2.24, 2.45) is 10.2 Å². The Morgan fingerprint density at radius 2 is 1.93 bits per heavy atom. The number of amidine groups is 1. The van der Waals surface area contributed by atoms with E-state index in [-0.39, 0.29) is 18.2 Å². The molecule has 29 heavy (non-hydrogen) atoms. The summed E-state index contributed by atoms with van der Waals surface area (Å²) in [6.07, 6.45) is 3.05. The van der Waals surface area contributed by atoms with Crippen molar-refractivity contribution in [2.45, 2.75) is 37.9 Å². The van der Waals surface area contributed by atoms with Crippen LogP contribution in [0.5, 0.6) is 0 Å². The van der Waals surface area contributed by atoms with Gasteiger partial charge in [-0.15, -0.1) is 5.10 Å². The molecule has 1 aliphatic heterocycles. The van der Waals surface area contributed by atoms with Crippen LogP contribution in [0.2, 0.25) is 0 Å². The van der Waals surface area contributed by atoms with E-state index in [0.717, 1.165) is 41.8 Å². The minimum Gasteiger partial charge on any atom is -0.326 e. The van der Waals surface area contributed by atoms with Gasteiger partial charge in [-0.25, -0.2) is 0 Å². The van der Waals surface area contributed by atoms with Crippen molar-refractivity contribution in [2.75, 3.05) is 5.32 Å². The number of carbonyl (C=O) groups is 2. The molecule has 4 rings (SSSR count). The van der Waals surface area contributed by atoms with Crippen LogP contribution in [0.25, 0.3) is 0 Å². The topological polar surface area (TPSA) is 82.9 Å². The third-order valence-electron chi connectivity index (χ3n) is 4.93. The Balaban J connectivity index is 1.39. The number of nitrogens with zero attached hydrogens (tertiary/aromatic N) is 2. The number of benzene rings is 2. The summed E-state index contributed by atoms with van der Waals surface area (Å²) in [7, 11) is 0. The van der Waals surface area contributed by atoms with Crippen molar-refractivity contribution in [1.82, 2.24) is 5.32 Å². The van der Waals surface area contributed by atoms with Crippen LogP contribution in [0.15, 0.2) is 58.7 Å². The number of fused-ring (bicyclic) bond motifs is 1. The normalized spacial score (nSPS) is 21.1. The molecule has 0 bridgehead atoms. The Morgan fingerprint density at radius 3 is 2.76 bits per heavy atom. The number of nitrogens with one attached hydrogen (secondary N) is 2. The zero-order valence-corrected chi connectivity index (χ0v) is 17.0. The molecule has 1 atom stereocenters. The van der Waals surface area contributed by atoms with Gasteiger partial charge in [-0.05, 0) is 43.9 Å².